The third-order valence-electron chi connectivity index (χ3n) is 4.13. The molecule has 0 aliphatic carbocycles. The summed E-state index contributed by atoms with van der Waals surface area (Å²) in [7, 11) is 0. The highest BCUT2D eigenvalue weighted by molar-refractivity contribution is 6.33. The molecule has 1 heterocycles. The highest BCUT2D eigenvalue weighted by atomic mass is 35.5. The number of hydrogen-bond donors (Lipinski definition) is 1. The van der Waals surface area contributed by atoms with Gasteiger partial charge in [-0.3, -0.25) is 14.9 Å². The number of furan rings is 1. The lowest BCUT2D eigenvalue weighted by molar-refractivity contribution is -0.384. The normalized spacial score (nSPS) is 10.9. The Labute approximate surface area is 182 Å². The van der Waals surface area contributed by atoms with Crippen LogP contribution in [0.3, 0.4) is 0 Å². The summed E-state index contributed by atoms with van der Waals surface area (Å²) in [6.45, 7) is 2.40. The Morgan fingerprint density at radius 2 is 2.00 bits per heavy atom. The molecular weight excluding hydrogens is 422 g/mol. The zero-order valence-electron chi connectivity index (χ0n) is 16.3. The summed E-state index contributed by atoms with van der Waals surface area (Å²) in [6.07, 6.45) is 1.30. The monoisotopic (exact) mass is 437 g/mol. The molecule has 0 atom stereocenters. The Balaban J connectivity index is 1.77. The van der Waals surface area contributed by atoms with E-state index in [4.69, 9.17) is 20.8 Å². The Hall–Kier alpha value is -4.09. The van der Waals surface area contributed by atoms with Crippen molar-refractivity contribution in [2.24, 2.45) is 0 Å². The molecule has 3 aromatic rings. The highest BCUT2D eigenvalue weighted by Gasteiger charge is 2.15. The largest absolute Gasteiger partial charge is 0.494 e. The van der Waals surface area contributed by atoms with Gasteiger partial charge in [0.15, 0.2) is 0 Å². The number of carbonyl (C=O) groups excluding carboxylic acids is 1. The molecule has 0 spiro atoms. The molecule has 0 radical (unpaired) electrons. The first kappa shape index (κ1) is 21.6. The number of benzene rings is 2. The van der Waals surface area contributed by atoms with Crippen molar-refractivity contribution >= 4 is 35.0 Å². The van der Waals surface area contributed by atoms with E-state index in [0.717, 1.165) is 0 Å². The molecule has 1 amide bonds. The number of anilines is 1. The average Bonchev–Trinajstić information content (AvgIpc) is 3.21. The SMILES string of the molecule is CCOc1ccc(NC(=O)/C(C#N)=C/c2ccc(-c3ccc([N+](=O)[O-])cc3Cl)o2)cc1. The number of rotatable bonds is 7. The molecule has 9 heteroatoms. The first-order valence-corrected chi connectivity index (χ1v) is 9.49. The molecule has 0 fully saturated rings. The van der Waals surface area contributed by atoms with E-state index >= 15 is 0 Å². The van der Waals surface area contributed by atoms with E-state index in [2.05, 4.69) is 5.32 Å². The number of non-ortho nitro benzene ring substituents is 1. The van der Waals surface area contributed by atoms with Crippen LogP contribution in [-0.2, 0) is 4.79 Å². The lowest BCUT2D eigenvalue weighted by Crippen LogP contribution is -2.13. The van der Waals surface area contributed by atoms with Gasteiger partial charge in [0.2, 0.25) is 0 Å². The van der Waals surface area contributed by atoms with Gasteiger partial charge in [-0.15, -0.1) is 0 Å². The predicted molar refractivity (Wildman–Crippen MR) is 116 cm³/mol. The summed E-state index contributed by atoms with van der Waals surface area (Å²) < 4.78 is 11.0. The smallest absolute Gasteiger partial charge is 0.270 e. The molecule has 8 nitrogen and oxygen atoms in total. The van der Waals surface area contributed by atoms with Crippen LogP contribution in [0.5, 0.6) is 5.75 Å². The number of amides is 1. The lowest BCUT2D eigenvalue weighted by Gasteiger charge is -2.06. The zero-order valence-corrected chi connectivity index (χ0v) is 17.1. The summed E-state index contributed by atoms with van der Waals surface area (Å²) in [5.41, 5.74) is 0.652. The fourth-order valence-corrected chi connectivity index (χ4v) is 2.95. The minimum absolute atomic E-state index is 0.141. The summed E-state index contributed by atoms with van der Waals surface area (Å²) in [6, 6.07) is 15.8. The molecule has 2 aromatic carbocycles. The molecule has 31 heavy (non-hydrogen) atoms. The zero-order chi connectivity index (χ0) is 22.4. The second kappa shape index (κ2) is 9.61. The molecule has 0 bridgehead atoms. The highest BCUT2D eigenvalue weighted by Crippen LogP contribution is 2.32. The van der Waals surface area contributed by atoms with Crippen molar-refractivity contribution < 1.29 is 18.9 Å². The average molecular weight is 438 g/mol. The van der Waals surface area contributed by atoms with Crippen molar-refractivity contribution in [1.82, 2.24) is 0 Å². The first-order valence-electron chi connectivity index (χ1n) is 9.11. The van der Waals surface area contributed by atoms with Gasteiger partial charge in [-0.05, 0) is 49.4 Å². The topological polar surface area (TPSA) is 118 Å². The molecule has 0 unspecified atom stereocenters. The van der Waals surface area contributed by atoms with Crippen molar-refractivity contribution in [1.29, 1.82) is 5.26 Å². The maximum absolute atomic E-state index is 12.4. The van der Waals surface area contributed by atoms with Crippen molar-refractivity contribution in [3.8, 4) is 23.1 Å². The van der Waals surface area contributed by atoms with E-state index in [1.165, 1.54) is 24.3 Å². The number of nitriles is 1. The Morgan fingerprint density at radius 3 is 2.61 bits per heavy atom. The molecule has 0 saturated heterocycles. The van der Waals surface area contributed by atoms with Crippen LogP contribution >= 0.6 is 11.6 Å². The Bertz CT molecular complexity index is 1190. The van der Waals surface area contributed by atoms with E-state index in [0.29, 0.717) is 29.4 Å². The van der Waals surface area contributed by atoms with E-state index in [9.17, 15) is 20.2 Å². The summed E-state index contributed by atoms with van der Waals surface area (Å²) in [5.74, 6) is 0.667. The van der Waals surface area contributed by atoms with Crippen LogP contribution in [0.4, 0.5) is 11.4 Å². The Morgan fingerprint density at radius 1 is 1.26 bits per heavy atom. The van der Waals surface area contributed by atoms with Crippen LogP contribution in [0.25, 0.3) is 17.4 Å². The van der Waals surface area contributed by atoms with Gasteiger partial charge in [0.05, 0.1) is 16.6 Å². The maximum Gasteiger partial charge on any atom is 0.270 e. The molecule has 3 rings (SSSR count). The minimum Gasteiger partial charge on any atom is -0.494 e. The number of carbonyl (C=O) groups is 1. The number of ether oxygens (including phenoxy) is 1. The van der Waals surface area contributed by atoms with Gasteiger partial charge in [0, 0.05) is 29.5 Å². The number of nitrogens with one attached hydrogen (secondary N) is 1. The maximum atomic E-state index is 12.4. The molecule has 1 N–H and O–H groups in total. The standard InChI is InChI=1S/C22H16ClN3O5/c1-2-30-17-6-3-15(4-7-17)25-22(27)14(13-24)11-18-8-10-21(31-18)19-9-5-16(26(28)29)12-20(19)23/h3-12H,2H2,1H3,(H,25,27)/b14-11+. The summed E-state index contributed by atoms with van der Waals surface area (Å²) >= 11 is 6.12. The van der Waals surface area contributed by atoms with E-state index in [1.54, 1.807) is 36.4 Å². The lowest BCUT2D eigenvalue weighted by atomic mass is 10.1. The number of nitrogens with zero attached hydrogens (tertiary/aromatic N) is 2. The molecule has 0 saturated carbocycles. The fraction of sp³-hybridized carbons (Fsp3) is 0.0909. The molecule has 0 aliphatic heterocycles. The van der Waals surface area contributed by atoms with Gasteiger partial charge in [-0.2, -0.15) is 5.26 Å². The summed E-state index contributed by atoms with van der Waals surface area (Å²) in [5, 5.41) is 23.0. The van der Waals surface area contributed by atoms with Gasteiger partial charge < -0.3 is 14.5 Å². The van der Waals surface area contributed by atoms with Gasteiger partial charge in [0.1, 0.15) is 28.9 Å². The van der Waals surface area contributed by atoms with Crippen molar-refractivity contribution in [2.75, 3.05) is 11.9 Å². The van der Waals surface area contributed by atoms with E-state index < -0.39 is 10.8 Å². The minimum atomic E-state index is -0.599. The number of hydrogen-bond acceptors (Lipinski definition) is 6. The number of halogens is 1. The van der Waals surface area contributed by atoms with Crippen LogP contribution in [-0.4, -0.2) is 17.4 Å². The first-order chi connectivity index (χ1) is 14.9. The summed E-state index contributed by atoms with van der Waals surface area (Å²) in [4.78, 5) is 22.7. The second-order valence-corrected chi connectivity index (χ2v) is 6.61. The molecule has 156 valence electrons. The number of nitro groups is 1. The predicted octanol–water partition coefficient (Wildman–Crippen LogP) is 5.45. The van der Waals surface area contributed by atoms with Crippen molar-refractivity contribution in [3.63, 3.8) is 0 Å². The van der Waals surface area contributed by atoms with Gasteiger partial charge in [0.25, 0.3) is 11.6 Å². The molecular formula is C22H16ClN3O5. The van der Waals surface area contributed by atoms with Gasteiger partial charge in [-0.1, -0.05) is 11.6 Å². The third kappa shape index (κ3) is 5.29. The van der Waals surface area contributed by atoms with Crippen LogP contribution in [0.15, 0.2) is 64.6 Å². The van der Waals surface area contributed by atoms with Crippen LogP contribution in [0.2, 0.25) is 5.02 Å². The molecule has 0 aliphatic rings. The van der Waals surface area contributed by atoms with Crippen LogP contribution < -0.4 is 10.1 Å². The van der Waals surface area contributed by atoms with Crippen molar-refractivity contribution in [2.45, 2.75) is 6.92 Å². The quantitative estimate of drug-likeness (QED) is 0.227. The van der Waals surface area contributed by atoms with Crippen LogP contribution in [0.1, 0.15) is 12.7 Å². The third-order valence-corrected chi connectivity index (χ3v) is 4.44. The van der Waals surface area contributed by atoms with Gasteiger partial charge in [-0.25, -0.2) is 0 Å². The van der Waals surface area contributed by atoms with E-state index in [-0.39, 0.29) is 22.0 Å². The van der Waals surface area contributed by atoms with E-state index in [1.807, 2.05) is 13.0 Å². The Kier molecular flexibility index (Phi) is 6.70. The van der Waals surface area contributed by atoms with Crippen molar-refractivity contribution in [3.05, 3.63) is 81.1 Å². The fourth-order valence-electron chi connectivity index (χ4n) is 2.68. The second-order valence-electron chi connectivity index (χ2n) is 6.20. The van der Waals surface area contributed by atoms with Crippen LogP contribution in [0, 0.1) is 21.4 Å². The molecule has 1 aromatic heterocycles. The van der Waals surface area contributed by atoms with Gasteiger partial charge >= 0.3 is 0 Å². The number of nitro benzene ring substituents is 1.